The van der Waals surface area contributed by atoms with Crippen molar-refractivity contribution >= 4 is 99.8 Å². The Bertz CT molecular complexity index is 3820. The summed E-state index contributed by atoms with van der Waals surface area (Å²) in [6.45, 7) is 12.5. The van der Waals surface area contributed by atoms with E-state index in [0.717, 1.165) is 179 Å². The van der Waals surface area contributed by atoms with Crippen molar-refractivity contribution in [2.24, 2.45) is 0 Å². The highest BCUT2D eigenvalue weighted by Crippen LogP contribution is 2.34. The van der Waals surface area contributed by atoms with Crippen LogP contribution in [0.15, 0.2) is 130 Å². The van der Waals surface area contributed by atoms with E-state index in [9.17, 15) is 28.8 Å². The molecule has 2 atom stereocenters. The number of rotatable bonds is 36. The van der Waals surface area contributed by atoms with Gasteiger partial charge >= 0.3 is 11.9 Å². The van der Waals surface area contributed by atoms with Gasteiger partial charge in [-0.1, -0.05) is 63.5 Å². The van der Waals surface area contributed by atoms with E-state index in [1.807, 2.05) is 46.2 Å². The fraction of sp³-hybridized carbons (Fsp3) is 0.513. The molecule has 0 radical (unpaired) electrons. The smallest absolute Gasteiger partial charge is 0.307 e. The van der Waals surface area contributed by atoms with Gasteiger partial charge in [-0.2, -0.15) is 0 Å². The molecular formula is C78H98N8O10S2. The molecule has 0 aliphatic carbocycles. The lowest BCUT2D eigenvalue weighted by molar-refractivity contribution is -0.152. The minimum Gasteiger partial charge on any atom is -0.494 e. The lowest BCUT2D eigenvalue weighted by atomic mass is 9.89. The number of aromatic nitrogens is 2. The number of unbranched alkanes of at least 4 members (excludes halogenated alkanes) is 12. The Labute approximate surface area is 583 Å². The van der Waals surface area contributed by atoms with Crippen LogP contribution >= 0.6 is 22.7 Å². The van der Waals surface area contributed by atoms with Crippen LogP contribution in [-0.4, -0.2) is 156 Å². The molecule has 0 saturated carbocycles. The summed E-state index contributed by atoms with van der Waals surface area (Å²) < 4.78 is 29.2. The summed E-state index contributed by atoms with van der Waals surface area (Å²) in [7, 11) is 0. The van der Waals surface area contributed by atoms with Crippen LogP contribution < -0.4 is 30.4 Å². The van der Waals surface area contributed by atoms with E-state index in [4.69, 9.17) is 18.9 Å². The molecule has 8 aromatic rings. The van der Waals surface area contributed by atoms with Crippen molar-refractivity contribution in [3.63, 3.8) is 0 Å². The third-order valence-corrected chi connectivity index (χ3v) is 22.3. The largest absolute Gasteiger partial charge is 0.494 e. The molecule has 5 aliphatic heterocycles. The third kappa shape index (κ3) is 18.7. The minimum atomic E-state index is -0.330. The van der Waals surface area contributed by atoms with Gasteiger partial charge in [0.05, 0.1) is 24.2 Å². The van der Waals surface area contributed by atoms with Gasteiger partial charge in [-0.15, -0.1) is 22.7 Å². The number of hydrogen-bond acceptors (Lipinski definition) is 16. The van der Waals surface area contributed by atoms with Gasteiger partial charge in [0.25, 0.3) is 11.1 Å². The van der Waals surface area contributed by atoms with Crippen LogP contribution in [0.25, 0.3) is 42.0 Å². The zero-order chi connectivity index (χ0) is 67.4. The van der Waals surface area contributed by atoms with Crippen LogP contribution in [0.3, 0.4) is 0 Å². The SMILES string of the molecule is O=C(CCCCCCCCC(=O)N1CC2CCC1CN2C(=O)CCCCCCCCC(=O)OCn1c(=O)ccc2ccc(OCCCCN3CCN(c4cccc5sccc45)CC3)cc21)OCn1c(=O)ccc2ccc(OCCCCN3CCN(c4cccc5sccc45)CC3)cc21. The number of anilines is 2. The number of carbonyl (C=O) groups is 4. The van der Waals surface area contributed by atoms with Gasteiger partial charge < -0.3 is 38.5 Å². The number of pyridine rings is 2. The number of nitrogens with zero attached hydrogens (tertiary/aromatic N) is 8. The summed E-state index contributed by atoms with van der Waals surface area (Å²) >= 11 is 3.59. The molecule has 13 rings (SSSR count). The Balaban J connectivity index is 0.457. The molecule has 0 N–H and O–H groups in total. The minimum absolute atomic E-state index is 0.0826. The molecule has 5 fully saturated rings. The van der Waals surface area contributed by atoms with Gasteiger partial charge in [-0.05, 0) is 172 Å². The maximum absolute atomic E-state index is 13.4. The average Bonchev–Trinajstić information content (AvgIpc) is 1.15. The highest BCUT2D eigenvalue weighted by atomic mass is 32.1. The Hall–Kier alpha value is -7.78. The summed E-state index contributed by atoms with van der Waals surface area (Å²) in [5, 5.41) is 8.79. The summed E-state index contributed by atoms with van der Waals surface area (Å²) in [5.41, 5.74) is 3.55. The van der Waals surface area contributed by atoms with E-state index in [1.54, 1.807) is 34.8 Å². The lowest BCUT2D eigenvalue weighted by Gasteiger charge is -2.51. The number of fused-ring (bicyclic) bond motifs is 7. The molecule has 2 unspecified atom stereocenters. The molecular weight excluding hydrogens is 1270 g/mol. The number of esters is 2. The van der Waals surface area contributed by atoms with Gasteiger partial charge in [-0.25, -0.2) is 0 Å². The molecule has 0 spiro atoms. The number of ether oxygens (including phenoxy) is 4. The van der Waals surface area contributed by atoms with Crippen molar-refractivity contribution < 1.29 is 38.1 Å². The van der Waals surface area contributed by atoms with E-state index < -0.39 is 0 Å². The number of amides is 2. The first kappa shape index (κ1) is 70.1. The predicted molar refractivity (Wildman–Crippen MR) is 393 cm³/mol. The summed E-state index contributed by atoms with van der Waals surface area (Å²) in [6.07, 6.45) is 18.0. The van der Waals surface area contributed by atoms with Crippen molar-refractivity contribution in [3.8, 4) is 11.5 Å². The molecule has 2 amide bonds. The zero-order valence-corrected chi connectivity index (χ0v) is 58.7. The number of benzene rings is 4. The van der Waals surface area contributed by atoms with Gasteiger partial charge in [0.1, 0.15) is 11.5 Å². The zero-order valence-electron chi connectivity index (χ0n) is 57.0. The third-order valence-electron chi connectivity index (χ3n) is 20.5. The van der Waals surface area contributed by atoms with E-state index in [-0.39, 0.29) is 73.3 Å². The second kappa shape index (κ2) is 35.3. The molecule has 4 aromatic carbocycles. The van der Waals surface area contributed by atoms with Gasteiger partial charge in [0.15, 0.2) is 13.5 Å². The number of carbonyl (C=O) groups excluding carboxylic acids is 4. The maximum atomic E-state index is 13.4. The first-order chi connectivity index (χ1) is 48.1. The van der Waals surface area contributed by atoms with E-state index in [2.05, 4.69) is 78.9 Å². The highest BCUT2D eigenvalue weighted by molar-refractivity contribution is 7.17. The average molecular weight is 1370 g/mol. The molecule has 4 aromatic heterocycles. The van der Waals surface area contributed by atoms with Crippen LogP contribution in [0.4, 0.5) is 11.4 Å². The molecule has 2 bridgehead atoms. The summed E-state index contributed by atoms with van der Waals surface area (Å²) in [6, 6.07) is 35.9. The van der Waals surface area contributed by atoms with Crippen LogP contribution in [0.1, 0.15) is 141 Å². The van der Waals surface area contributed by atoms with Crippen molar-refractivity contribution in [1.29, 1.82) is 0 Å². The molecule has 5 saturated heterocycles. The second-order valence-electron chi connectivity index (χ2n) is 27.1. The van der Waals surface area contributed by atoms with Crippen molar-refractivity contribution in [3.05, 3.63) is 141 Å². The Morgan fingerprint density at radius 3 is 1.23 bits per heavy atom. The lowest BCUT2D eigenvalue weighted by Crippen LogP contribution is -2.65. The van der Waals surface area contributed by atoms with Crippen molar-refractivity contribution in [1.82, 2.24) is 28.7 Å². The van der Waals surface area contributed by atoms with Gasteiger partial charge in [-0.3, -0.25) is 47.7 Å². The van der Waals surface area contributed by atoms with Crippen LogP contribution in [-0.2, 0) is 42.1 Å². The van der Waals surface area contributed by atoms with E-state index in [1.165, 1.54) is 52.8 Å². The predicted octanol–water partition coefficient (Wildman–Crippen LogP) is 13.9. The Morgan fingerprint density at radius 2 is 0.816 bits per heavy atom. The Morgan fingerprint density at radius 1 is 0.418 bits per heavy atom. The molecule has 98 heavy (non-hydrogen) atoms. The van der Waals surface area contributed by atoms with Crippen LogP contribution in [0.5, 0.6) is 11.5 Å². The first-order valence-corrected chi connectivity index (χ1v) is 38.1. The fourth-order valence-electron chi connectivity index (χ4n) is 14.8. The molecule has 5 aliphatic rings. The topological polar surface area (TPSA) is 169 Å². The molecule has 522 valence electrons. The molecule has 18 nitrogen and oxygen atoms in total. The quantitative estimate of drug-likeness (QED) is 0.0269. The Kier molecular flexibility index (Phi) is 25.3. The number of hydrogen-bond donors (Lipinski definition) is 0. The van der Waals surface area contributed by atoms with Crippen LogP contribution in [0, 0.1) is 0 Å². The standard InChI is InChI=1S/C78H98N8O10S2/c87-73(23-9-5-1-3-7-11-25-77(91)95-57-85-69-53-63(33-27-59(69)29-35-75(85)89)93-49-15-13-39-79-41-45-81(46-42-79)67-19-17-21-71-65(67)37-51-97-71)83-55-62-32-31-61(83)56-84(62)74(88)24-10-6-2-4-8-12-26-78(92)96-58-86-70-54-64(34-28-60(70)30-36-76(86)90)94-50-16-14-40-80-43-47-82(48-44-80)68-20-18-22-72-66(68)38-52-98-72/h17-22,27-30,33-38,51-54,61-62H,1-16,23-26,31-32,39-50,55-58H2. The second-order valence-corrected chi connectivity index (χ2v) is 29.0. The van der Waals surface area contributed by atoms with E-state index >= 15 is 0 Å². The number of piperazine rings is 3. The van der Waals surface area contributed by atoms with E-state index in [0.29, 0.717) is 74.5 Å². The van der Waals surface area contributed by atoms with Gasteiger partial charge in [0.2, 0.25) is 11.8 Å². The first-order valence-electron chi connectivity index (χ1n) is 36.4. The normalized spacial score (nSPS) is 16.8. The van der Waals surface area contributed by atoms with Gasteiger partial charge in [0, 0.05) is 159 Å². The highest BCUT2D eigenvalue weighted by Gasteiger charge is 2.42. The number of piperidine rings is 2. The molecule has 20 heteroatoms. The van der Waals surface area contributed by atoms with Crippen LogP contribution in [0.2, 0.25) is 0 Å². The van der Waals surface area contributed by atoms with Crippen molar-refractivity contribution in [2.45, 2.75) is 167 Å². The van der Waals surface area contributed by atoms with Crippen molar-refractivity contribution in [2.75, 3.05) is 102 Å². The number of thiophene rings is 2. The maximum Gasteiger partial charge on any atom is 0.307 e. The summed E-state index contributed by atoms with van der Waals surface area (Å²) in [5.74, 6) is 1.09. The fourth-order valence-corrected chi connectivity index (χ4v) is 16.4. The molecule has 9 heterocycles. The monoisotopic (exact) mass is 1370 g/mol. The summed E-state index contributed by atoms with van der Waals surface area (Å²) in [4.78, 5) is 92.8.